The van der Waals surface area contributed by atoms with Crippen molar-refractivity contribution in [1.29, 1.82) is 5.26 Å². The third-order valence-corrected chi connectivity index (χ3v) is 2.54. The number of nitrogens with zero attached hydrogens (tertiary/aromatic N) is 1. The van der Waals surface area contributed by atoms with Crippen LogP contribution in [0.4, 0.5) is 18.9 Å². The van der Waals surface area contributed by atoms with Gasteiger partial charge in [-0.2, -0.15) is 18.4 Å². The van der Waals surface area contributed by atoms with Gasteiger partial charge in [-0.05, 0) is 18.2 Å². The second-order valence-corrected chi connectivity index (χ2v) is 4.07. The molecule has 0 spiro atoms. The third kappa shape index (κ3) is 3.99. The van der Waals surface area contributed by atoms with Gasteiger partial charge in [0.25, 0.3) is 0 Å². The molecule has 1 aromatic carbocycles. The zero-order valence-electron chi connectivity index (χ0n) is 8.35. The standard InChI is InChI=1S/C10H7Cl2F3N2/c11-7-1-2-8(12)9(3-7)17-5-6(4-16)10(13,14)15/h1-3,6,17H,5H2. The normalized spacial score (nSPS) is 12.9. The van der Waals surface area contributed by atoms with Crippen molar-refractivity contribution in [1.82, 2.24) is 0 Å². The zero-order chi connectivity index (χ0) is 13.1. The molecular weight excluding hydrogens is 276 g/mol. The molecule has 0 aliphatic heterocycles. The quantitative estimate of drug-likeness (QED) is 0.906. The van der Waals surface area contributed by atoms with Crippen LogP contribution in [0.5, 0.6) is 0 Å². The first kappa shape index (κ1) is 13.9. The van der Waals surface area contributed by atoms with E-state index in [1.54, 1.807) is 0 Å². The minimum absolute atomic E-state index is 0.244. The summed E-state index contributed by atoms with van der Waals surface area (Å²) < 4.78 is 36.8. The van der Waals surface area contributed by atoms with E-state index in [9.17, 15) is 13.2 Å². The second kappa shape index (κ2) is 5.48. The Hall–Kier alpha value is -1.12. The number of halogens is 5. The van der Waals surface area contributed by atoms with Crippen LogP contribution in [0.1, 0.15) is 0 Å². The second-order valence-electron chi connectivity index (χ2n) is 3.23. The van der Waals surface area contributed by atoms with Gasteiger partial charge in [-0.1, -0.05) is 23.2 Å². The minimum atomic E-state index is -4.56. The molecule has 0 amide bonds. The predicted molar refractivity (Wildman–Crippen MR) is 60.1 cm³/mol. The lowest BCUT2D eigenvalue weighted by Gasteiger charge is -2.15. The number of alkyl halides is 3. The molecule has 0 fully saturated rings. The zero-order valence-corrected chi connectivity index (χ0v) is 9.87. The van der Waals surface area contributed by atoms with Gasteiger partial charge in [0.1, 0.15) is 0 Å². The summed E-state index contributed by atoms with van der Waals surface area (Å²) in [5.41, 5.74) is 0.267. The van der Waals surface area contributed by atoms with Gasteiger partial charge in [0.15, 0.2) is 5.92 Å². The summed E-state index contributed by atoms with van der Waals surface area (Å²) in [5.74, 6) is -2.09. The Bertz CT molecular complexity index is 440. The topological polar surface area (TPSA) is 35.8 Å². The van der Waals surface area contributed by atoms with E-state index in [0.717, 1.165) is 0 Å². The van der Waals surface area contributed by atoms with Crippen LogP contribution in [-0.4, -0.2) is 12.7 Å². The average molecular weight is 283 g/mol. The van der Waals surface area contributed by atoms with Crippen molar-refractivity contribution in [3.05, 3.63) is 28.2 Å². The molecule has 1 rings (SSSR count). The van der Waals surface area contributed by atoms with Crippen LogP contribution in [0.2, 0.25) is 10.0 Å². The number of nitriles is 1. The highest BCUT2D eigenvalue weighted by Crippen LogP contribution is 2.29. The Morgan fingerprint density at radius 1 is 1.35 bits per heavy atom. The van der Waals surface area contributed by atoms with E-state index in [-0.39, 0.29) is 10.7 Å². The van der Waals surface area contributed by atoms with E-state index >= 15 is 0 Å². The molecule has 7 heteroatoms. The summed E-state index contributed by atoms with van der Waals surface area (Å²) in [5, 5.41) is 11.4. The monoisotopic (exact) mass is 282 g/mol. The van der Waals surface area contributed by atoms with Gasteiger partial charge >= 0.3 is 6.18 Å². The SMILES string of the molecule is N#CC(CNc1cc(Cl)ccc1Cl)C(F)(F)F. The highest BCUT2D eigenvalue weighted by Gasteiger charge is 2.39. The van der Waals surface area contributed by atoms with Crippen LogP contribution < -0.4 is 5.32 Å². The molecule has 92 valence electrons. The number of hydrogen-bond acceptors (Lipinski definition) is 2. The molecule has 1 atom stereocenters. The van der Waals surface area contributed by atoms with E-state index in [1.165, 1.54) is 24.3 Å². The maximum Gasteiger partial charge on any atom is 0.406 e. The first-order valence-electron chi connectivity index (χ1n) is 4.50. The van der Waals surface area contributed by atoms with Crippen molar-refractivity contribution in [2.75, 3.05) is 11.9 Å². The van der Waals surface area contributed by atoms with E-state index < -0.39 is 18.6 Å². The van der Waals surface area contributed by atoms with Crippen LogP contribution in [0.3, 0.4) is 0 Å². The van der Waals surface area contributed by atoms with Crippen molar-refractivity contribution < 1.29 is 13.2 Å². The van der Waals surface area contributed by atoms with Gasteiger partial charge in [-0.15, -0.1) is 0 Å². The Kier molecular flexibility index (Phi) is 4.49. The van der Waals surface area contributed by atoms with Gasteiger partial charge in [0.05, 0.1) is 16.8 Å². The minimum Gasteiger partial charge on any atom is -0.382 e. The highest BCUT2D eigenvalue weighted by atomic mass is 35.5. The number of anilines is 1. The molecule has 0 radical (unpaired) electrons. The van der Waals surface area contributed by atoms with Crippen LogP contribution in [0.15, 0.2) is 18.2 Å². The Morgan fingerprint density at radius 2 is 2.00 bits per heavy atom. The van der Waals surface area contributed by atoms with Crippen molar-refractivity contribution >= 4 is 28.9 Å². The molecule has 1 aromatic rings. The van der Waals surface area contributed by atoms with Crippen molar-refractivity contribution in [2.24, 2.45) is 5.92 Å². The fourth-order valence-corrected chi connectivity index (χ4v) is 1.44. The van der Waals surface area contributed by atoms with E-state index in [0.29, 0.717) is 5.02 Å². The predicted octanol–water partition coefficient (Wildman–Crippen LogP) is 4.11. The third-order valence-electron chi connectivity index (χ3n) is 1.98. The Labute approximate surface area is 106 Å². The molecule has 1 N–H and O–H groups in total. The lowest BCUT2D eigenvalue weighted by atomic mass is 10.1. The van der Waals surface area contributed by atoms with Crippen LogP contribution >= 0.6 is 23.2 Å². The Balaban J connectivity index is 2.73. The maximum absolute atomic E-state index is 12.3. The first-order chi connectivity index (χ1) is 7.84. The van der Waals surface area contributed by atoms with Crippen LogP contribution in [0.25, 0.3) is 0 Å². The van der Waals surface area contributed by atoms with Gasteiger partial charge in [0.2, 0.25) is 0 Å². The number of nitrogens with one attached hydrogen (secondary N) is 1. The fourth-order valence-electron chi connectivity index (χ4n) is 1.08. The smallest absolute Gasteiger partial charge is 0.382 e. The summed E-state index contributed by atoms with van der Waals surface area (Å²) in [6.45, 7) is -0.569. The molecule has 0 bridgehead atoms. The summed E-state index contributed by atoms with van der Waals surface area (Å²) in [7, 11) is 0. The fraction of sp³-hybridized carbons (Fsp3) is 0.300. The van der Waals surface area contributed by atoms with Gasteiger partial charge in [0, 0.05) is 11.6 Å². The largest absolute Gasteiger partial charge is 0.406 e. The molecule has 0 aliphatic carbocycles. The lowest BCUT2D eigenvalue weighted by Crippen LogP contribution is -2.28. The van der Waals surface area contributed by atoms with Gasteiger partial charge < -0.3 is 5.32 Å². The van der Waals surface area contributed by atoms with Crippen molar-refractivity contribution in [2.45, 2.75) is 6.18 Å². The summed E-state index contributed by atoms with van der Waals surface area (Å²) >= 11 is 11.4. The van der Waals surface area contributed by atoms with Crippen molar-refractivity contribution in [3.63, 3.8) is 0 Å². The maximum atomic E-state index is 12.3. The van der Waals surface area contributed by atoms with E-state index in [2.05, 4.69) is 5.32 Å². The number of benzene rings is 1. The molecular formula is C10H7Cl2F3N2. The average Bonchev–Trinajstić information content (AvgIpc) is 2.22. The lowest BCUT2D eigenvalue weighted by molar-refractivity contribution is -0.155. The summed E-state index contributed by atoms with van der Waals surface area (Å²) in [4.78, 5) is 0. The number of hydrogen-bond donors (Lipinski definition) is 1. The van der Waals surface area contributed by atoms with E-state index in [4.69, 9.17) is 28.5 Å². The van der Waals surface area contributed by atoms with Crippen LogP contribution in [0, 0.1) is 17.2 Å². The highest BCUT2D eigenvalue weighted by molar-refractivity contribution is 6.35. The molecule has 17 heavy (non-hydrogen) atoms. The molecule has 0 aromatic heterocycles. The molecule has 2 nitrogen and oxygen atoms in total. The van der Waals surface area contributed by atoms with Gasteiger partial charge in [-0.25, -0.2) is 0 Å². The van der Waals surface area contributed by atoms with Gasteiger partial charge in [-0.3, -0.25) is 0 Å². The van der Waals surface area contributed by atoms with Crippen molar-refractivity contribution in [3.8, 4) is 6.07 Å². The van der Waals surface area contributed by atoms with Crippen LogP contribution in [-0.2, 0) is 0 Å². The summed E-state index contributed by atoms with van der Waals surface area (Å²) in [6.07, 6.45) is -4.56. The molecule has 0 saturated heterocycles. The van der Waals surface area contributed by atoms with E-state index in [1.807, 2.05) is 0 Å². The molecule has 0 heterocycles. The molecule has 0 saturated carbocycles. The molecule has 1 unspecified atom stereocenters. The molecule has 0 aliphatic rings. The number of rotatable bonds is 3. The first-order valence-corrected chi connectivity index (χ1v) is 5.25. The Morgan fingerprint density at radius 3 is 2.53 bits per heavy atom. The summed E-state index contributed by atoms with van der Waals surface area (Å²) in [6, 6.07) is 5.55.